The number of para-hydroxylation sites is 1. The van der Waals surface area contributed by atoms with E-state index >= 15 is 0 Å². The molecule has 0 aromatic heterocycles. The lowest BCUT2D eigenvalue weighted by atomic mass is 10.2. The third-order valence-electron chi connectivity index (χ3n) is 3.73. The summed E-state index contributed by atoms with van der Waals surface area (Å²) in [6.07, 6.45) is 0. The number of hydrogen-bond donors (Lipinski definition) is 1. The van der Waals surface area contributed by atoms with Gasteiger partial charge in [0.05, 0.1) is 11.4 Å². The zero-order valence-corrected chi connectivity index (χ0v) is 17.7. The summed E-state index contributed by atoms with van der Waals surface area (Å²) in [5.41, 5.74) is 1.33. The van der Waals surface area contributed by atoms with Crippen molar-refractivity contribution in [1.82, 2.24) is 0 Å². The number of carbonyl (C=O) groups excluding carboxylic acids is 1. The van der Waals surface area contributed by atoms with Gasteiger partial charge in [-0.05, 0) is 48.0 Å². The summed E-state index contributed by atoms with van der Waals surface area (Å²) in [5, 5.41) is 4.54. The Morgan fingerprint density at radius 3 is 2.36 bits per heavy atom. The smallest absolute Gasteiger partial charge is 0.234 e. The van der Waals surface area contributed by atoms with Gasteiger partial charge < -0.3 is 10.1 Å². The molecule has 0 aliphatic heterocycles. The largest absolute Gasteiger partial charge is 0.455 e. The SMILES string of the molecule is O=C(CSCc1c(Cl)cccc1Cl)Nc1cc(Cl)ccc1Oc1ccccc1. The number of rotatable bonds is 7. The van der Waals surface area contributed by atoms with Crippen LogP contribution in [0.5, 0.6) is 11.5 Å². The molecule has 0 fully saturated rings. The summed E-state index contributed by atoms with van der Waals surface area (Å²) in [5.74, 6) is 1.78. The van der Waals surface area contributed by atoms with Gasteiger partial charge in [0.15, 0.2) is 5.75 Å². The highest BCUT2D eigenvalue weighted by Crippen LogP contribution is 2.32. The maximum atomic E-state index is 12.4. The summed E-state index contributed by atoms with van der Waals surface area (Å²) in [6.45, 7) is 0. The molecule has 0 bridgehead atoms. The number of nitrogens with one attached hydrogen (secondary N) is 1. The Labute approximate surface area is 182 Å². The number of halogens is 3. The Hall–Kier alpha value is -1.85. The monoisotopic (exact) mass is 451 g/mol. The lowest BCUT2D eigenvalue weighted by Gasteiger charge is -2.13. The summed E-state index contributed by atoms with van der Waals surface area (Å²) < 4.78 is 5.86. The van der Waals surface area contributed by atoms with Crippen molar-refractivity contribution in [2.75, 3.05) is 11.1 Å². The number of anilines is 1. The Morgan fingerprint density at radius 1 is 0.929 bits per heavy atom. The van der Waals surface area contributed by atoms with Crippen LogP contribution in [0.2, 0.25) is 15.1 Å². The van der Waals surface area contributed by atoms with Crippen LogP contribution in [-0.4, -0.2) is 11.7 Å². The van der Waals surface area contributed by atoms with Crippen LogP contribution in [0.4, 0.5) is 5.69 Å². The highest BCUT2D eigenvalue weighted by molar-refractivity contribution is 7.99. The summed E-state index contributed by atoms with van der Waals surface area (Å²) >= 11 is 19.8. The first-order valence-electron chi connectivity index (χ1n) is 8.36. The molecule has 3 aromatic carbocycles. The zero-order valence-electron chi connectivity index (χ0n) is 14.6. The molecule has 0 aliphatic carbocycles. The highest BCUT2D eigenvalue weighted by atomic mass is 35.5. The fourth-order valence-corrected chi connectivity index (χ4v) is 4.14. The summed E-state index contributed by atoms with van der Waals surface area (Å²) in [7, 11) is 0. The number of ether oxygens (including phenoxy) is 1. The van der Waals surface area contributed by atoms with Crippen LogP contribution in [0.1, 0.15) is 5.56 Å². The van der Waals surface area contributed by atoms with E-state index in [9.17, 15) is 4.79 Å². The molecule has 3 rings (SSSR count). The molecule has 28 heavy (non-hydrogen) atoms. The van der Waals surface area contributed by atoms with Crippen LogP contribution in [0, 0.1) is 0 Å². The second-order valence-corrected chi connectivity index (χ2v) is 8.03. The average Bonchev–Trinajstić information content (AvgIpc) is 2.67. The Kier molecular flexibility index (Phi) is 7.51. The highest BCUT2D eigenvalue weighted by Gasteiger charge is 2.12. The lowest BCUT2D eigenvalue weighted by molar-refractivity contribution is -0.113. The van der Waals surface area contributed by atoms with E-state index < -0.39 is 0 Å². The molecule has 0 radical (unpaired) electrons. The van der Waals surface area contributed by atoms with Crippen LogP contribution in [-0.2, 0) is 10.5 Å². The molecular weight excluding hydrogens is 437 g/mol. The Balaban J connectivity index is 1.62. The van der Waals surface area contributed by atoms with E-state index in [0.29, 0.717) is 38.0 Å². The van der Waals surface area contributed by atoms with Gasteiger partial charge in [0.1, 0.15) is 5.75 Å². The van der Waals surface area contributed by atoms with E-state index in [1.165, 1.54) is 11.8 Å². The second-order valence-electron chi connectivity index (χ2n) is 5.80. The molecule has 0 atom stereocenters. The molecule has 0 saturated heterocycles. The number of carbonyl (C=O) groups is 1. The van der Waals surface area contributed by atoms with Gasteiger partial charge in [0, 0.05) is 20.8 Å². The van der Waals surface area contributed by atoms with E-state index in [0.717, 1.165) is 5.56 Å². The zero-order chi connectivity index (χ0) is 19.9. The minimum absolute atomic E-state index is 0.173. The molecule has 7 heteroatoms. The fourth-order valence-electron chi connectivity index (χ4n) is 2.41. The topological polar surface area (TPSA) is 38.3 Å². The van der Waals surface area contributed by atoms with Crippen molar-refractivity contribution in [2.45, 2.75) is 5.75 Å². The van der Waals surface area contributed by atoms with E-state index in [1.807, 2.05) is 30.3 Å². The second kappa shape index (κ2) is 10.1. The third kappa shape index (κ3) is 5.82. The molecule has 1 N–H and O–H groups in total. The minimum atomic E-state index is -0.173. The maximum Gasteiger partial charge on any atom is 0.234 e. The first-order valence-corrected chi connectivity index (χ1v) is 10.6. The third-order valence-corrected chi connectivity index (χ3v) is 5.63. The molecule has 0 aliphatic rings. The van der Waals surface area contributed by atoms with E-state index in [2.05, 4.69) is 5.32 Å². The number of thioether (sulfide) groups is 1. The van der Waals surface area contributed by atoms with Crippen LogP contribution in [0.3, 0.4) is 0 Å². The van der Waals surface area contributed by atoms with Crippen molar-refractivity contribution in [1.29, 1.82) is 0 Å². The van der Waals surface area contributed by atoms with Crippen molar-refractivity contribution in [3.8, 4) is 11.5 Å². The molecule has 0 saturated carbocycles. The van der Waals surface area contributed by atoms with Crippen LogP contribution in [0.25, 0.3) is 0 Å². The average molecular weight is 453 g/mol. The number of benzene rings is 3. The van der Waals surface area contributed by atoms with Gasteiger partial charge in [0.2, 0.25) is 5.91 Å². The van der Waals surface area contributed by atoms with Crippen molar-refractivity contribution in [3.05, 3.63) is 87.4 Å². The minimum Gasteiger partial charge on any atom is -0.455 e. The molecular formula is C21H16Cl3NO2S. The van der Waals surface area contributed by atoms with Gasteiger partial charge in [-0.1, -0.05) is 59.1 Å². The predicted octanol–water partition coefficient (Wildman–Crippen LogP) is 7.31. The molecule has 3 aromatic rings. The van der Waals surface area contributed by atoms with Crippen LogP contribution < -0.4 is 10.1 Å². The standard InChI is InChI=1S/C21H16Cl3NO2S/c22-14-9-10-20(27-15-5-2-1-3-6-15)19(11-14)25-21(26)13-28-12-16-17(23)7-4-8-18(16)24/h1-11H,12-13H2,(H,25,26). The molecule has 0 heterocycles. The van der Waals surface area contributed by atoms with Crippen LogP contribution in [0.15, 0.2) is 66.7 Å². The molecule has 1 amide bonds. The van der Waals surface area contributed by atoms with E-state index in [-0.39, 0.29) is 11.7 Å². The summed E-state index contributed by atoms with van der Waals surface area (Å²) in [4.78, 5) is 12.4. The molecule has 0 spiro atoms. The maximum absolute atomic E-state index is 12.4. The number of hydrogen-bond acceptors (Lipinski definition) is 3. The van der Waals surface area contributed by atoms with Crippen molar-refractivity contribution in [3.63, 3.8) is 0 Å². The van der Waals surface area contributed by atoms with Gasteiger partial charge in [-0.15, -0.1) is 11.8 Å². The first-order chi connectivity index (χ1) is 13.5. The normalized spacial score (nSPS) is 10.5. The van der Waals surface area contributed by atoms with Gasteiger partial charge in [-0.3, -0.25) is 4.79 Å². The fraction of sp³-hybridized carbons (Fsp3) is 0.0952. The van der Waals surface area contributed by atoms with Gasteiger partial charge in [0.25, 0.3) is 0 Å². The van der Waals surface area contributed by atoms with Crippen molar-refractivity contribution in [2.24, 2.45) is 0 Å². The first kappa shape index (κ1) is 20.9. The van der Waals surface area contributed by atoms with Crippen molar-refractivity contribution >= 4 is 58.2 Å². The Morgan fingerprint density at radius 2 is 1.64 bits per heavy atom. The lowest BCUT2D eigenvalue weighted by Crippen LogP contribution is -2.14. The van der Waals surface area contributed by atoms with Gasteiger partial charge in [-0.2, -0.15) is 0 Å². The van der Waals surface area contributed by atoms with E-state index in [1.54, 1.807) is 36.4 Å². The Bertz CT molecular complexity index is 947. The quantitative estimate of drug-likeness (QED) is 0.408. The van der Waals surface area contributed by atoms with Crippen molar-refractivity contribution < 1.29 is 9.53 Å². The summed E-state index contributed by atoms with van der Waals surface area (Å²) in [6, 6.07) is 19.8. The molecule has 0 unspecified atom stereocenters. The van der Waals surface area contributed by atoms with Gasteiger partial charge >= 0.3 is 0 Å². The van der Waals surface area contributed by atoms with E-state index in [4.69, 9.17) is 39.5 Å². The van der Waals surface area contributed by atoms with Crippen LogP contribution >= 0.6 is 46.6 Å². The molecule has 3 nitrogen and oxygen atoms in total. The predicted molar refractivity (Wildman–Crippen MR) is 119 cm³/mol. The van der Waals surface area contributed by atoms with Gasteiger partial charge in [-0.25, -0.2) is 0 Å². The number of amides is 1. The molecule has 144 valence electrons.